The van der Waals surface area contributed by atoms with Crippen LogP contribution in [0.2, 0.25) is 0 Å². The lowest BCUT2D eigenvalue weighted by Crippen LogP contribution is -2.24. The molecule has 0 aliphatic heterocycles. The van der Waals surface area contributed by atoms with Gasteiger partial charge in [-0.2, -0.15) is 0 Å². The Bertz CT molecular complexity index is 620. The number of hydrogen-bond acceptors (Lipinski definition) is 4. The van der Waals surface area contributed by atoms with Gasteiger partial charge < -0.3 is 9.64 Å². The predicted octanol–water partition coefficient (Wildman–Crippen LogP) is 3.59. The molecule has 0 bridgehead atoms. The number of ether oxygens (including phenoxy) is 1. The quantitative estimate of drug-likeness (QED) is 0.729. The average molecular weight is 285 g/mol. The molecule has 1 heterocycles. The summed E-state index contributed by atoms with van der Waals surface area (Å²) in [6.45, 7) is 8.69. The smallest absolute Gasteiger partial charge is 0.224 e. The highest BCUT2D eigenvalue weighted by Gasteiger charge is 2.08. The Morgan fingerprint density at radius 1 is 1.14 bits per heavy atom. The molecule has 0 saturated heterocycles. The van der Waals surface area contributed by atoms with Crippen LogP contribution in [0.15, 0.2) is 62.0 Å². The monoisotopic (exact) mass is 285 g/mol. The van der Waals surface area contributed by atoms with E-state index in [9.17, 15) is 4.39 Å². The molecule has 0 fully saturated rings. The molecule has 2 rings (SSSR count). The van der Waals surface area contributed by atoms with Crippen LogP contribution in [0.25, 0.3) is 0 Å². The fourth-order valence-electron chi connectivity index (χ4n) is 1.78. The number of nitrogens with zero attached hydrogens (tertiary/aromatic N) is 3. The molecule has 0 aliphatic carbocycles. The lowest BCUT2D eigenvalue weighted by atomic mass is 10.3. The Morgan fingerprint density at radius 3 is 2.57 bits per heavy atom. The molecule has 0 spiro atoms. The molecule has 0 atom stereocenters. The molecule has 0 aliphatic rings. The SMILES string of the molecule is C=CCN(CC=C)c1cc(Oc2cccc(F)c2)ncn1. The summed E-state index contributed by atoms with van der Waals surface area (Å²) < 4.78 is 18.7. The van der Waals surface area contributed by atoms with Crippen LogP contribution in [-0.2, 0) is 0 Å². The van der Waals surface area contributed by atoms with E-state index in [4.69, 9.17) is 4.74 Å². The van der Waals surface area contributed by atoms with Crippen LogP contribution in [0.5, 0.6) is 11.6 Å². The summed E-state index contributed by atoms with van der Waals surface area (Å²) in [5, 5.41) is 0. The van der Waals surface area contributed by atoms with E-state index in [1.54, 1.807) is 30.4 Å². The zero-order chi connectivity index (χ0) is 15.1. The zero-order valence-corrected chi connectivity index (χ0v) is 11.6. The molecular formula is C16H16FN3O. The van der Waals surface area contributed by atoms with Gasteiger partial charge in [0.15, 0.2) is 0 Å². The van der Waals surface area contributed by atoms with E-state index in [-0.39, 0.29) is 5.82 Å². The maximum absolute atomic E-state index is 13.1. The molecule has 0 unspecified atom stereocenters. The first-order valence-corrected chi connectivity index (χ1v) is 6.45. The van der Waals surface area contributed by atoms with Gasteiger partial charge in [0.05, 0.1) is 0 Å². The number of hydrogen-bond donors (Lipinski definition) is 0. The maximum atomic E-state index is 13.1. The Balaban J connectivity index is 2.20. The van der Waals surface area contributed by atoms with Gasteiger partial charge in [0.2, 0.25) is 5.88 Å². The van der Waals surface area contributed by atoms with Gasteiger partial charge in [-0.1, -0.05) is 18.2 Å². The number of anilines is 1. The van der Waals surface area contributed by atoms with Gasteiger partial charge in [0.1, 0.15) is 23.7 Å². The summed E-state index contributed by atoms with van der Waals surface area (Å²) in [6, 6.07) is 7.59. The first-order chi connectivity index (χ1) is 10.2. The summed E-state index contributed by atoms with van der Waals surface area (Å²) in [4.78, 5) is 10.2. The molecule has 1 aromatic heterocycles. The third kappa shape index (κ3) is 4.14. The molecule has 0 N–H and O–H groups in total. The van der Waals surface area contributed by atoms with Crippen molar-refractivity contribution in [2.75, 3.05) is 18.0 Å². The highest BCUT2D eigenvalue weighted by molar-refractivity contribution is 5.43. The van der Waals surface area contributed by atoms with Gasteiger partial charge in [0.25, 0.3) is 0 Å². The van der Waals surface area contributed by atoms with E-state index in [0.29, 0.717) is 30.5 Å². The van der Waals surface area contributed by atoms with Gasteiger partial charge in [0, 0.05) is 25.2 Å². The summed E-state index contributed by atoms with van der Waals surface area (Å²) in [5.41, 5.74) is 0. The van der Waals surface area contributed by atoms with Crippen molar-refractivity contribution in [3.63, 3.8) is 0 Å². The predicted molar refractivity (Wildman–Crippen MR) is 81.1 cm³/mol. The molecule has 2 aromatic rings. The van der Waals surface area contributed by atoms with Crippen LogP contribution < -0.4 is 9.64 Å². The van der Waals surface area contributed by atoms with Gasteiger partial charge in [-0.3, -0.25) is 0 Å². The largest absolute Gasteiger partial charge is 0.439 e. The number of aromatic nitrogens is 2. The molecule has 21 heavy (non-hydrogen) atoms. The van der Waals surface area contributed by atoms with Crippen molar-refractivity contribution in [3.05, 3.63) is 67.8 Å². The van der Waals surface area contributed by atoms with Crippen LogP contribution in [0.4, 0.5) is 10.2 Å². The minimum atomic E-state index is -0.360. The lowest BCUT2D eigenvalue weighted by molar-refractivity contribution is 0.456. The van der Waals surface area contributed by atoms with E-state index < -0.39 is 0 Å². The van der Waals surface area contributed by atoms with Gasteiger partial charge >= 0.3 is 0 Å². The van der Waals surface area contributed by atoms with Crippen molar-refractivity contribution < 1.29 is 9.13 Å². The molecule has 0 saturated carbocycles. The van der Waals surface area contributed by atoms with E-state index in [1.807, 2.05) is 4.90 Å². The second-order valence-corrected chi connectivity index (χ2v) is 4.26. The van der Waals surface area contributed by atoms with Crippen molar-refractivity contribution in [1.29, 1.82) is 0 Å². The Kier molecular flexibility index (Phi) is 5.04. The van der Waals surface area contributed by atoms with Crippen molar-refractivity contribution in [2.45, 2.75) is 0 Å². The fraction of sp³-hybridized carbons (Fsp3) is 0.125. The maximum Gasteiger partial charge on any atom is 0.224 e. The van der Waals surface area contributed by atoms with E-state index >= 15 is 0 Å². The van der Waals surface area contributed by atoms with Crippen molar-refractivity contribution in [1.82, 2.24) is 9.97 Å². The van der Waals surface area contributed by atoms with Crippen LogP contribution in [0, 0.1) is 5.82 Å². The second-order valence-electron chi connectivity index (χ2n) is 4.26. The van der Waals surface area contributed by atoms with Crippen LogP contribution in [-0.4, -0.2) is 23.1 Å². The third-order valence-electron chi connectivity index (χ3n) is 2.67. The van der Waals surface area contributed by atoms with Gasteiger partial charge in [-0.05, 0) is 12.1 Å². The minimum Gasteiger partial charge on any atom is -0.439 e. The first-order valence-electron chi connectivity index (χ1n) is 6.45. The molecule has 0 radical (unpaired) electrons. The van der Waals surface area contributed by atoms with E-state index in [1.165, 1.54) is 18.5 Å². The van der Waals surface area contributed by atoms with Gasteiger partial charge in [-0.15, -0.1) is 13.2 Å². The van der Waals surface area contributed by atoms with Crippen LogP contribution in [0.1, 0.15) is 0 Å². The summed E-state index contributed by atoms with van der Waals surface area (Å²) >= 11 is 0. The Labute approximate surface area is 123 Å². The van der Waals surface area contributed by atoms with E-state index in [2.05, 4.69) is 23.1 Å². The van der Waals surface area contributed by atoms with E-state index in [0.717, 1.165) is 0 Å². The summed E-state index contributed by atoms with van der Waals surface area (Å²) in [6.07, 6.45) is 4.96. The van der Waals surface area contributed by atoms with Crippen LogP contribution in [0.3, 0.4) is 0 Å². The van der Waals surface area contributed by atoms with Crippen molar-refractivity contribution >= 4 is 5.82 Å². The summed E-state index contributed by atoms with van der Waals surface area (Å²) in [5.74, 6) is 1.07. The second kappa shape index (κ2) is 7.19. The van der Waals surface area contributed by atoms with Crippen molar-refractivity contribution in [2.24, 2.45) is 0 Å². The topological polar surface area (TPSA) is 38.2 Å². The minimum absolute atomic E-state index is 0.351. The molecule has 1 aromatic carbocycles. The summed E-state index contributed by atoms with van der Waals surface area (Å²) in [7, 11) is 0. The van der Waals surface area contributed by atoms with Gasteiger partial charge in [-0.25, -0.2) is 14.4 Å². The zero-order valence-electron chi connectivity index (χ0n) is 11.6. The third-order valence-corrected chi connectivity index (χ3v) is 2.67. The number of halogens is 1. The normalized spacial score (nSPS) is 9.95. The number of benzene rings is 1. The highest BCUT2D eigenvalue weighted by atomic mass is 19.1. The molecule has 108 valence electrons. The average Bonchev–Trinajstić information content (AvgIpc) is 2.47. The molecule has 0 amide bonds. The molecular weight excluding hydrogens is 269 g/mol. The molecule has 4 nitrogen and oxygen atoms in total. The lowest BCUT2D eigenvalue weighted by Gasteiger charge is -2.20. The standard InChI is InChI=1S/C16H16FN3O/c1-3-8-20(9-4-2)15-11-16(19-12-18-15)21-14-7-5-6-13(17)10-14/h3-7,10-12H,1-2,8-9H2. The Morgan fingerprint density at radius 2 is 1.90 bits per heavy atom. The fourth-order valence-corrected chi connectivity index (χ4v) is 1.78. The number of rotatable bonds is 7. The van der Waals surface area contributed by atoms with Crippen LogP contribution >= 0.6 is 0 Å². The Hall–Kier alpha value is -2.69. The highest BCUT2D eigenvalue weighted by Crippen LogP contribution is 2.22. The molecule has 5 heteroatoms. The van der Waals surface area contributed by atoms with Crippen molar-refractivity contribution in [3.8, 4) is 11.6 Å². The first kappa shape index (κ1) is 14.7.